The highest BCUT2D eigenvalue weighted by Crippen LogP contribution is 2.43. The number of likely N-dealkylation sites (tertiary alicyclic amines) is 1. The van der Waals surface area contributed by atoms with E-state index in [1.165, 1.54) is 30.4 Å². The van der Waals surface area contributed by atoms with Crippen molar-refractivity contribution >= 4 is 18.3 Å². The van der Waals surface area contributed by atoms with E-state index >= 15 is 0 Å². The molecule has 2 saturated carbocycles. The molecule has 1 aliphatic heterocycles. The first-order chi connectivity index (χ1) is 12.1. The SMILES string of the molecule is Cc1ccccc1C1CCN(C(=O)C2CC3CCCC(C2)C3N)CC1.Cl. The smallest absolute Gasteiger partial charge is 0.225 e. The molecule has 3 fully saturated rings. The predicted octanol–water partition coefficient (Wildman–Crippen LogP) is 4.28. The molecule has 3 nitrogen and oxygen atoms in total. The van der Waals surface area contributed by atoms with Gasteiger partial charge in [0.15, 0.2) is 0 Å². The molecule has 2 unspecified atom stereocenters. The van der Waals surface area contributed by atoms with Crippen LogP contribution in [0.25, 0.3) is 0 Å². The van der Waals surface area contributed by atoms with Crippen LogP contribution in [0.1, 0.15) is 62.0 Å². The van der Waals surface area contributed by atoms with Crippen LogP contribution in [0.3, 0.4) is 0 Å². The fraction of sp³-hybridized carbons (Fsp3) is 0.682. The number of nitrogens with zero attached hydrogens (tertiary/aromatic N) is 1. The van der Waals surface area contributed by atoms with Crippen LogP contribution in [-0.4, -0.2) is 29.9 Å². The lowest BCUT2D eigenvalue weighted by Crippen LogP contribution is -2.50. The first kappa shape index (κ1) is 19.7. The van der Waals surface area contributed by atoms with Crippen LogP contribution in [0.15, 0.2) is 24.3 Å². The number of halogens is 1. The highest BCUT2D eigenvalue weighted by Gasteiger charge is 2.42. The van der Waals surface area contributed by atoms with Crippen LogP contribution in [0, 0.1) is 24.7 Å². The molecule has 26 heavy (non-hydrogen) atoms. The number of benzene rings is 1. The van der Waals surface area contributed by atoms with Crippen molar-refractivity contribution in [3.63, 3.8) is 0 Å². The van der Waals surface area contributed by atoms with E-state index in [1.807, 2.05) is 0 Å². The van der Waals surface area contributed by atoms with Crippen LogP contribution >= 0.6 is 12.4 Å². The Morgan fingerprint density at radius 1 is 1.04 bits per heavy atom. The zero-order chi connectivity index (χ0) is 17.4. The number of hydrogen-bond acceptors (Lipinski definition) is 2. The number of hydrogen-bond donors (Lipinski definition) is 1. The zero-order valence-corrected chi connectivity index (χ0v) is 16.7. The Balaban J connectivity index is 0.00000196. The highest BCUT2D eigenvalue weighted by molar-refractivity contribution is 5.85. The molecular formula is C22H33ClN2O. The van der Waals surface area contributed by atoms with Crippen LogP contribution < -0.4 is 5.73 Å². The van der Waals surface area contributed by atoms with E-state index in [0.717, 1.165) is 38.8 Å². The van der Waals surface area contributed by atoms with Gasteiger partial charge >= 0.3 is 0 Å². The molecule has 144 valence electrons. The zero-order valence-electron chi connectivity index (χ0n) is 15.9. The van der Waals surface area contributed by atoms with Gasteiger partial charge in [0, 0.05) is 25.0 Å². The summed E-state index contributed by atoms with van der Waals surface area (Å²) in [6, 6.07) is 9.08. The number of rotatable bonds is 2. The first-order valence-electron chi connectivity index (χ1n) is 10.2. The fourth-order valence-corrected chi connectivity index (χ4v) is 5.70. The van der Waals surface area contributed by atoms with Gasteiger partial charge in [-0.05, 0) is 74.3 Å². The largest absolute Gasteiger partial charge is 0.342 e. The van der Waals surface area contributed by atoms with Gasteiger partial charge < -0.3 is 10.6 Å². The van der Waals surface area contributed by atoms with Crippen LogP contribution in [-0.2, 0) is 4.79 Å². The van der Waals surface area contributed by atoms with Crippen molar-refractivity contribution in [2.24, 2.45) is 23.5 Å². The third-order valence-corrected chi connectivity index (χ3v) is 7.20. The van der Waals surface area contributed by atoms with Gasteiger partial charge in [-0.2, -0.15) is 0 Å². The van der Waals surface area contributed by atoms with Crippen molar-refractivity contribution in [3.05, 3.63) is 35.4 Å². The topological polar surface area (TPSA) is 46.3 Å². The molecule has 2 bridgehead atoms. The second kappa shape index (κ2) is 8.31. The van der Waals surface area contributed by atoms with E-state index in [-0.39, 0.29) is 18.3 Å². The predicted molar refractivity (Wildman–Crippen MR) is 109 cm³/mol. The molecule has 1 aromatic carbocycles. The second-order valence-corrected chi connectivity index (χ2v) is 8.65. The molecule has 0 radical (unpaired) electrons. The molecule has 1 amide bonds. The Kier molecular flexibility index (Phi) is 6.29. The normalized spacial score (nSPS) is 32.0. The summed E-state index contributed by atoms with van der Waals surface area (Å²) in [7, 11) is 0. The molecule has 0 aromatic heterocycles. The average molecular weight is 377 g/mol. The number of carbonyl (C=O) groups is 1. The number of aryl methyl sites for hydroxylation is 1. The van der Waals surface area contributed by atoms with E-state index in [1.54, 1.807) is 0 Å². The maximum absolute atomic E-state index is 13.1. The third-order valence-electron chi connectivity index (χ3n) is 7.20. The maximum atomic E-state index is 13.1. The summed E-state index contributed by atoms with van der Waals surface area (Å²) in [4.78, 5) is 15.2. The lowest BCUT2D eigenvalue weighted by molar-refractivity contribution is -0.139. The molecule has 4 rings (SSSR count). The Labute approximate surface area is 164 Å². The Morgan fingerprint density at radius 2 is 1.65 bits per heavy atom. The average Bonchev–Trinajstić information content (AvgIpc) is 2.61. The molecule has 0 spiro atoms. The van der Waals surface area contributed by atoms with E-state index in [4.69, 9.17) is 5.73 Å². The second-order valence-electron chi connectivity index (χ2n) is 8.65. The van der Waals surface area contributed by atoms with E-state index in [2.05, 4.69) is 36.1 Å². The van der Waals surface area contributed by atoms with Crippen molar-refractivity contribution in [1.82, 2.24) is 4.90 Å². The monoisotopic (exact) mass is 376 g/mol. The fourth-order valence-electron chi connectivity index (χ4n) is 5.70. The van der Waals surface area contributed by atoms with E-state index < -0.39 is 0 Å². The van der Waals surface area contributed by atoms with Gasteiger partial charge in [-0.1, -0.05) is 30.7 Å². The molecule has 2 atom stereocenters. The molecular weight excluding hydrogens is 344 g/mol. The number of fused-ring (bicyclic) bond motifs is 2. The molecule has 1 saturated heterocycles. The molecule has 3 aliphatic rings. The lowest BCUT2D eigenvalue weighted by Gasteiger charge is -2.45. The molecule has 4 heteroatoms. The van der Waals surface area contributed by atoms with Gasteiger partial charge in [-0.3, -0.25) is 4.79 Å². The number of amides is 1. The maximum Gasteiger partial charge on any atom is 0.225 e. The lowest BCUT2D eigenvalue weighted by atomic mass is 9.65. The van der Waals surface area contributed by atoms with Gasteiger partial charge in [-0.25, -0.2) is 0 Å². The standard InChI is InChI=1S/C22H32N2O.ClH/c1-15-5-2-3-8-20(15)16-9-11-24(12-10-16)22(25)19-13-17-6-4-7-18(14-19)21(17)23;/h2-3,5,8,16-19,21H,4,6-7,9-14,23H2,1H3;1H. The van der Waals surface area contributed by atoms with Gasteiger partial charge in [-0.15, -0.1) is 12.4 Å². The van der Waals surface area contributed by atoms with Crippen molar-refractivity contribution in [3.8, 4) is 0 Å². The molecule has 2 N–H and O–H groups in total. The van der Waals surface area contributed by atoms with Crippen molar-refractivity contribution in [2.45, 2.75) is 63.8 Å². The van der Waals surface area contributed by atoms with Gasteiger partial charge in [0.1, 0.15) is 0 Å². The number of piperidine rings is 1. The Morgan fingerprint density at radius 3 is 2.27 bits per heavy atom. The van der Waals surface area contributed by atoms with Gasteiger partial charge in [0.2, 0.25) is 5.91 Å². The first-order valence-corrected chi connectivity index (χ1v) is 10.2. The van der Waals surface area contributed by atoms with Crippen LogP contribution in [0.5, 0.6) is 0 Å². The van der Waals surface area contributed by atoms with Crippen molar-refractivity contribution in [2.75, 3.05) is 13.1 Å². The molecule has 1 aromatic rings. The summed E-state index contributed by atoms with van der Waals surface area (Å²) in [6.07, 6.45) is 8.06. The third kappa shape index (κ3) is 3.80. The Hall–Kier alpha value is -1.06. The molecule has 2 aliphatic carbocycles. The summed E-state index contributed by atoms with van der Waals surface area (Å²) >= 11 is 0. The van der Waals surface area contributed by atoms with Gasteiger partial charge in [0.25, 0.3) is 0 Å². The minimum absolute atomic E-state index is 0. The van der Waals surface area contributed by atoms with E-state index in [9.17, 15) is 4.79 Å². The molecule has 1 heterocycles. The Bertz CT molecular complexity index is 612. The summed E-state index contributed by atoms with van der Waals surface area (Å²) < 4.78 is 0. The summed E-state index contributed by atoms with van der Waals surface area (Å²) in [5, 5.41) is 0. The van der Waals surface area contributed by atoms with Crippen molar-refractivity contribution in [1.29, 1.82) is 0 Å². The summed E-state index contributed by atoms with van der Waals surface area (Å²) in [5.41, 5.74) is 9.27. The minimum Gasteiger partial charge on any atom is -0.342 e. The highest BCUT2D eigenvalue weighted by atomic mass is 35.5. The quantitative estimate of drug-likeness (QED) is 0.837. The van der Waals surface area contributed by atoms with Crippen LogP contribution in [0.4, 0.5) is 0 Å². The van der Waals surface area contributed by atoms with Crippen molar-refractivity contribution < 1.29 is 4.79 Å². The minimum atomic E-state index is 0. The van der Waals surface area contributed by atoms with E-state index in [0.29, 0.717) is 29.7 Å². The summed E-state index contributed by atoms with van der Waals surface area (Å²) in [5.74, 6) is 2.46. The van der Waals surface area contributed by atoms with Crippen LogP contribution in [0.2, 0.25) is 0 Å². The number of carbonyl (C=O) groups excluding carboxylic acids is 1. The summed E-state index contributed by atoms with van der Waals surface area (Å²) in [6.45, 7) is 4.06. The van der Waals surface area contributed by atoms with Gasteiger partial charge in [0.05, 0.1) is 0 Å². The number of nitrogens with two attached hydrogens (primary N) is 1.